The highest BCUT2D eigenvalue weighted by atomic mass is 32.1. The summed E-state index contributed by atoms with van der Waals surface area (Å²) in [6.07, 6.45) is 3.46. The molecule has 0 unspecified atom stereocenters. The molecule has 0 aliphatic rings. The number of nitrogens with zero attached hydrogens (tertiary/aromatic N) is 2. The molecule has 0 aliphatic carbocycles. The molecule has 28 heavy (non-hydrogen) atoms. The third-order valence-electron chi connectivity index (χ3n) is 4.04. The number of aromatic nitrogens is 1. The standard InChI is InChI=1S/C21H17N3O3S/c25-20(17-9-11-18(12-10-17)24(26)27)19(23-13-5-2-6-14-23)21(28)22-15-16-7-3-1-4-8-16/h1-14H,15H2,(H-,22,25,28). The number of hydrogen-bond donors (Lipinski definition) is 1. The van der Waals surface area contributed by atoms with Gasteiger partial charge in [-0.25, -0.2) is 0 Å². The van der Waals surface area contributed by atoms with Gasteiger partial charge < -0.3 is 10.4 Å². The topological polar surface area (TPSA) is 82.1 Å². The predicted octanol–water partition coefficient (Wildman–Crippen LogP) is 2.69. The molecule has 6 nitrogen and oxygen atoms in total. The summed E-state index contributed by atoms with van der Waals surface area (Å²) in [6, 6.07) is 20.6. The zero-order valence-electron chi connectivity index (χ0n) is 14.8. The third kappa shape index (κ3) is 4.57. The lowest BCUT2D eigenvalue weighted by Gasteiger charge is -2.16. The molecule has 0 saturated heterocycles. The van der Waals surface area contributed by atoms with E-state index >= 15 is 0 Å². The summed E-state index contributed by atoms with van der Waals surface area (Å²) in [5, 5.41) is 27.1. The normalized spacial score (nSPS) is 11.4. The molecular weight excluding hydrogens is 374 g/mol. The van der Waals surface area contributed by atoms with Crippen LogP contribution in [0.1, 0.15) is 11.1 Å². The van der Waals surface area contributed by atoms with Crippen LogP contribution in [0.3, 0.4) is 0 Å². The highest BCUT2D eigenvalue weighted by molar-refractivity contribution is 7.81. The second-order valence-corrected chi connectivity index (χ2v) is 6.34. The van der Waals surface area contributed by atoms with Crippen LogP contribution < -0.4 is 15.0 Å². The Kier molecular flexibility index (Phi) is 6.08. The molecule has 0 fully saturated rings. The van der Waals surface area contributed by atoms with Gasteiger partial charge in [0.1, 0.15) is 0 Å². The van der Waals surface area contributed by atoms with E-state index in [0.29, 0.717) is 17.1 Å². The van der Waals surface area contributed by atoms with Crippen LogP contribution in [-0.4, -0.2) is 9.91 Å². The molecule has 1 heterocycles. The lowest BCUT2D eigenvalue weighted by Crippen LogP contribution is -2.42. The van der Waals surface area contributed by atoms with E-state index in [0.717, 1.165) is 5.56 Å². The molecule has 3 rings (SSSR count). The van der Waals surface area contributed by atoms with Crippen molar-refractivity contribution in [3.05, 3.63) is 106 Å². The molecule has 3 aromatic rings. The maximum absolute atomic E-state index is 13.1. The quantitative estimate of drug-likeness (QED) is 0.174. The number of hydrogen-bond acceptors (Lipinski definition) is 4. The van der Waals surface area contributed by atoms with Gasteiger partial charge in [-0.05, 0) is 29.0 Å². The fourth-order valence-electron chi connectivity index (χ4n) is 2.62. The zero-order chi connectivity index (χ0) is 19.9. The molecule has 0 aliphatic heterocycles. The SMILES string of the molecule is O=[N+]([O-])c1ccc(C([O-])=C(C(=S)NCc2ccccc2)[n+]2ccccc2)cc1. The van der Waals surface area contributed by atoms with Crippen molar-refractivity contribution in [2.45, 2.75) is 6.54 Å². The van der Waals surface area contributed by atoms with Gasteiger partial charge in [-0.3, -0.25) is 10.1 Å². The van der Waals surface area contributed by atoms with Crippen molar-refractivity contribution in [1.82, 2.24) is 5.32 Å². The van der Waals surface area contributed by atoms with Crippen LogP contribution in [0.15, 0.2) is 85.2 Å². The molecule has 0 spiro atoms. The first kappa shape index (κ1) is 19.2. The summed E-state index contributed by atoms with van der Waals surface area (Å²) in [4.78, 5) is 10.6. The molecule has 140 valence electrons. The molecule has 0 radical (unpaired) electrons. The van der Waals surface area contributed by atoms with Crippen molar-refractivity contribution >= 4 is 34.3 Å². The van der Waals surface area contributed by atoms with E-state index < -0.39 is 4.92 Å². The first-order valence-corrected chi connectivity index (χ1v) is 8.92. The van der Waals surface area contributed by atoms with Crippen molar-refractivity contribution in [3.63, 3.8) is 0 Å². The van der Waals surface area contributed by atoms with Crippen LogP contribution in [-0.2, 0) is 6.54 Å². The minimum atomic E-state index is -0.503. The summed E-state index contributed by atoms with van der Waals surface area (Å²) in [7, 11) is 0. The van der Waals surface area contributed by atoms with Gasteiger partial charge in [0.25, 0.3) is 5.69 Å². The molecule has 1 N–H and O–H groups in total. The van der Waals surface area contributed by atoms with Crippen LogP contribution in [0.2, 0.25) is 0 Å². The van der Waals surface area contributed by atoms with E-state index in [9.17, 15) is 15.2 Å². The van der Waals surface area contributed by atoms with E-state index in [-0.39, 0.29) is 17.1 Å². The lowest BCUT2D eigenvalue weighted by molar-refractivity contribution is -0.578. The Hall–Kier alpha value is -3.58. The number of pyridine rings is 1. The van der Waals surface area contributed by atoms with Gasteiger partial charge in [-0.2, -0.15) is 4.57 Å². The van der Waals surface area contributed by atoms with Gasteiger partial charge in [0.05, 0.1) is 4.92 Å². The number of nitro benzene ring substituents is 1. The monoisotopic (exact) mass is 391 g/mol. The van der Waals surface area contributed by atoms with Crippen LogP contribution in [0.5, 0.6) is 0 Å². The number of rotatable bonds is 6. The highest BCUT2D eigenvalue weighted by Crippen LogP contribution is 2.18. The van der Waals surface area contributed by atoms with E-state index in [1.54, 1.807) is 29.1 Å². The maximum Gasteiger partial charge on any atom is 0.269 e. The van der Waals surface area contributed by atoms with E-state index in [4.69, 9.17) is 12.2 Å². The second kappa shape index (κ2) is 8.88. The van der Waals surface area contributed by atoms with Gasteiger partial charge in [0, 0.05) is 30.8 Å². The minimum absolute atomic E-state index is 0.0738. The third-order valence-corrected chi connectivity index (χ3v) is 4.38. The van der Waals surface area contributed by atoms with Gasteiger partial charge >= 0.3 is 0 Å². The average Bonchev–Trinajstić information content (AvgIpc) is 2.74. The number of non-ortho nitro benzene ring substituents is 1. The van der Waals surface area contributed by atoms with Crippen LogP contribution in [0.25, 0.3) is 11.5 Å². The van der Waals surface area contributed by atoms with Crippen LogP contribution in [0, 0.1) is 10.1 Å². The van der Waals surface area contributed by atoms with Gasteiger partial charge in [-0.1, -0.05) is 48.6 Å². The Morgan fingerprint density at radius 1 is 0.964 bits per heavy atom. The van der Waals surface area contributed by atoms with E-state index in [1.165, 1.54) is 24.3 Å². The maximum atomic E-state index is 13.1. The first-order chi connectivity index (χ1) is 13.6. The molecule has 0 atom stereocenters. The van der Waals surface area contributed by atoms with Crippen molar-refractivity contribution in [1.29, 1.82) is 0 Å². The fourth-order valence-corrected chi connectivity index (χ4v) is 2.89. The fraction of sp³-hybridized carbons (Fsp3) is 0.0476. The number of nitro groups is 1. The van der Waals surface area contributed by atoms with Crippen molar-refractivity contribution in [2.24, 2.45) is 0 Å². The Labute approximate surface area is 167 Å². The molecule has 2 aromatic carbocycles. The number of thiocarbonyl (C=S) groups is 1. The largest absolute Gasteiger partial charge is 0.867 e. The van der Waals surface area contributed by atoms with Crippen molar-refractivity contribution in [2.75, 3.05) is 0 Å². The van der Waals surface area contributed by atoms with Crippen LogP contribution in [0.4, 0.5) is 5.69 Å². The van der Waals surface area contributed by atoms with Gasteiger partial charge in [-0.15, -0.1) is 0 Å². The molecule has 0 bridgehead atoms. The molecule has 0 amide bonds. The van der Waals surface area contributed by atoms with E-state index in [1.807, 2.05) is 36.4 Å². The predicted molar refractivity (Wildman–Crippen MR) is 109 cm³/mol. The summed E-state index contributed by atoms with van der Waals surface area (Å²) in [5.41, 5.74) is 1.56. The number of nitrogens with one attached hydrogen (secondary N) is 1. The average molecular weight is 391 g/mol. The lowest BCUT2D eigenvalue weighted by atomic mass is 10.1. The van der Waals surface area contributed by atoms with Crippen molar-refractivity contribution in [3.8, 4) is 0 Å². The Morgan fingerprint density at radius 2 is 1.57 bits per heavy atom. The molecule has 1 aromatic heterocycles. The van der Waals surface area contributed by atoms with Gasteiger partial charge in [0.15, 0.2) is 17.4 Å². The Balaban J connectivity index is 1.95. The summed E-state index contributed by atoms with van der Waals surface area (Å²) >= 11 is 5.50. The zero-order valence-corrected chi connectivity index (χ0v) is 15.6. The highest BCUT2D eigenvalue weighted by Gasteiger charge is 2.18. The second-order valence-electron chi connectivity index (χ2n) is 5.93. The van der Waals surface area contributed by atoms with Gasteiger partial charge in [0.2, 0.25) is 5.70 Å². The summed E-state index contributed by atoms with van der Waals surface area (Å²) < 4.78 is 1.64. The molecular formula is C21H17N3O3S. The summed E-state index contributed by atoms with van der Waals surface area (Å²) in [5.74, 6) is -0.323. The first-order valence-electron chi connectivity index (χ1n) is 8.51. The molecule has 0 saturated carbocycles. The number of benzene rings is 2. The van der Waals surface area contributed by atoms with Crippen LogP contribution >= 0.6 is 12.2 Å². The summed E-state index contributed by atoms with van der Waals surface area (Å²) in [6.45, 7) is 0.476. The van der Waals surface area contributed by atoms with Crippen molar-refractivity contribution < 1.29 is 14.6 Å². The van der Waals surface area contributed by atoms with E-state index in [2.05, 4.69) is 5.32 Å². The Morgan fingerprint density at radius 3 is 2.18 bits per heavy atom. The molecule has 7 heteroatoms. The minimum Gasteiger partial charge on any atom is -0.867 e. The smallest absolute Gasteiger partial charge is 0.269 e. The Bertz CT molecular complexity index is 1000.